The molecular formula is C20H17FN4O2S2. The van der Waals surface area contributed by atoms with Gasteiger partial charge >= 0.3 is 0 Å². The number of amides is 2. The van der Waals surface area contributed by atoms with Gasteiger partial charge in [-0.15, -0.1) is 10.2 Å². The van der Waals surface area contributed by atoms with Crippen molar-refractivity contribution in [3.05, 3.63) is 65.5 Å². The average Bonchev–Trinajstić information content (AvgIpc) is 3.29. The normalized spacial score (nSPS) is 15.2. The van der Waals surface area contributed by atoms with Crippen LogP contribution in [0.15, 0.2) is 52.9 Å². The molecule has 2 heterocycles. The highest BCUT2D eigenvalue weighted by Crippen LogP contribution is 2.33. The van der Waals surface area contributed by atoms with E-state index >= 15 is 0 Å². The van der Waals surface area contributed by atoms with E-state index in [2.05, 4.69) is 15.5 Å². The Labute approximate surface area is 175 Å². The van der Waals surface area contributed by atoms with Gasteiger partial charge in [0.2, 0.25) is 11.0 Å². The van der Waals surface area contributed by atoms with Crippen LogP contribution in [0.4, 0.5) is 15.2 Å². The predicted octanol–water partition coefficient (Wildman–Crippen LogP) is 4.00. The third-order valence-electron chi connectivity index (χ3n) is 4.53. The molecule has 2 aromatic carbocycles. The molecule has 1 aliphatic heterocycles. The molecule has 6 nitrogen and oxygen atoms in total. The molecule has 0 aliphatic carbocycles. The zero-order valence-electron chi connectivity index (χ0n) is 15.5. The number of rotatable bonds is 5. The molecule has 29 heavy (non-hydrogen) atoms. The Bertz CT molecular complexity index is 1050. The van der Waals surface area contributed by atoms with E-state index in [9.17, 15) is 14.0 Å². The van der Waals surface area contributed by atoms with Crippen LogP contribution in [0.25, 0.3) is 0 Å². The summed E-state index contributed by atoms with van der Waals surface area (Å²) in [6, 6.07) is 13.3. The summed E-state index contributed by atoms with van der Waals surface area (Å²) in [6.45, 7) is 2.04. The van der Waals surface area contributed by atoms with Crippen molar-refractivity contribution < 1.29 is 14.0 Å². The van der Waals surface area contributed by atoms with Crippen molar-refractivity contribution in [2.45, 2.75) is 23.7 Å². The lowest BCUT2D eigenvalue weighted by atomic mass is 10.1. The molecule has 1 atom stereocenters. The third kappa shape index (κ3) is 4.30. The zero-order valence-corrected chi connectivity index (χ0v) is 17.1. The minimum atomic E-state index is -0.407. The largest absolute Gasteiger partial charge is 0.308 e. The molecule has 0 bridgehead atoms. The summed E-state index contributed by atoms with van der Waals surface area (Å²) in [6.07, 6.45) is 0.852. The fourth-order valence-corrected chi connectivity index (χ4v) is 4.83. The van der Waals surface area contributed by atoms with Gasteiger partial charge in [0.05, 0.1) is 5.75 Å². The minimum absolute atomic E-state index is 0.0135. The van der Waals surface area contributed by atoms with E-state index in [1.54, 1.807) is 0 Å². The highest BCUT2D eigenvalue weighted by atomic mass is 32.2. The van der Waals surface area contributed by atoms with Gasteiger partial charge in [-0.1, -0.05) is 41.3 Å². The number of nitrogens with one attached hydrogen (secondary N) is 1. The molecule has 0 saturated carbocycles. The van der Waals surface area contributed by atoms with E-state index in [0.717, 1.165) is 12.1 Å². The molecule has 1 N–H and O–H groups in total. The Morgan fingerprint density at radius 2 is 1.97 bits per heavy atom. The molecule has 1 aliphatic rings. The van der Waals surface area contributed by atoms with Crippen molar-refractivity contribution in [3.63, 3.8) is 0 Å². The number of aromatic nitrogens is 2. The van der Waals surface area contributed by atoms with Crippen molar-refractivity contribution in [3.8, 4) is 0 Å². The average molecular weight is 429 g/mol. The SMILES string of the molecule is CC1Cc2ccccc2N1C(=O)CSc1nnc(NC(=O)c2ccc(F)cc2)s1. The van der Waals surface area contributed by atoms with E-state index in [1.165, 1.54) is 52.9 Å². The summed E-state index contributed by atoms with van der Waals surface area (Å²) in [5.41, 5.74) is 2.47. The fraction of sp³-hybridized carbons (Fsp3) is 0.200. The maximum atomic E-state index is 13.0. The molecular weight excluding hydrogens is 411 g/mol. The van der Waals surface area contributed by atoms with Gasteiger partial charge in [-0.2, -0.15) is 0 Å². The standard InChI is InChI=1S/C20H17FN4O2S2/c1-12-10-14-4-2-3-5-16(14)25(12)17(26)11-28-20-24-23-19(29-20)22-18(27)13-6-8-15(21)9-7-13/h2-9,12H,10-11H2,1H3,(H,22,23,27). The first-order valence-electron chi connectivity index (χ1n) is 8.94. The van der Waals surface area contributed by atoms with Crippen LogP contribution >= 0.6 is 23.1 Å². The molecule has 2 amide bonds. The Morgan fingerprint density at radius 3 is 2.76 bits per heavy atom. The molecule has 1 aromatic heterocycles. The Hall–Kier alpha value is -2.78. The number of hydrogen-bond donors (Lipinski definition) is 1. The monoisotopic (exact) mass is 428 g/mol. The fourth-order valence-electron chi connectivity index (χ4n) is 3.23. The van der Waals surface area contributed by atoms with Crippen molar-refractivity contribution >= 4 is 45.7 Å². The second kappa shape index (κ2) is 8.30. The number of carbonyl (C=O) groups is 2. The molecule has 4 rings (SSSR count). The van der Waals surface area contributed by atoms with E-state index in [4.69, 9.17) is 0 Å². The summed E-state index contributed by atoms with van der Waals surface area (Å²) in [5.74, 6) is -0.550. The quantitative estimate of drug-likeness (QED) is 0.491. The van der Waals surface area contributed by atoms with Gasteiger partial charge < -0.3 is 4.90 Å². The minimum Gasteiger partial charge on any atom is -0.308 e. The van der Waals surface area contributed by atoms with Crippen molar-refractivity contribution in [1.82, 2.24) is 10.2 Å². The highest BCUT2D eigenvalue weighted by Gasteiger charge is 2.30. The van der Waals surface area contributed by atoms with Crippen LogP contribution < -0.4 is 10.2 Å². The van der Waals surface area contributed by atoms with Crippen LogP contribution in [0.2, 0.25) is 0 Å². The van der Waals surface area contributed by atoms with Gasteiger partial charge in [-0.3, -0.25) is 14.9 Å². The van der Waals surface area contributed by atoms with Crippen molar-refractivity contribution in [1.29, 1.82) is 0 Å². The number of carbonyl (C=O) groups excluding carboxylic acids is 2. The molecule has 0 fully saturated rings. The highest BCUT2D eigenvalue weighted by molar-refractivity contribution is 8.01. The van der Waals surface area contributed by atoms with Gasteiger partial charge in [0.15, 0.2) is 4.34 Å². The summed E-state index contributed by atoms with van der Waals surface area (Å²) >= 11 is 2.48. The van der Waals surface area contributed by atoms with E-state index in [1.807, 2.05) is 36.1 Å². The summed E-state index contributed by atoms with van der Waals surface area (Å²) in [7, 11) is 0. The van der Waals surface area contributed by atoms with Gasteiger partial charge in [0.25, 0.3) is 5.91 Å². The number of thioether (sulfide) groups is 1. The second-order valence-corrected chi connectivity index (χ2v) is 8.77. The van der Waals surface area contributed by atoms with Crippen LogP contribution in [0.5, 0.6) is 0 Å². The van der Waals surface area contributed by atoms with Crippen LogP contribution in [-0.4, -0.2) is 33.8 Å². The second-order valence-electron chi connectivity index (χ2n) is 6.57. The molecule has 0 radical (unpaired) electrons. The summed E-state index contributed by atoms with van der Waals surface area (Å²) in [4.78, 5) is 26.7. The molecule has 1 unspecified atom stereocenters. The molecule has 3 aromatic rings. The summed E-state index contributed by atoms with van der Waals surface area (Å²) in [5, 5.41) is 10.9. The first kappa shape index (κ1) is 19.5. The Kier molecular flexibility index (Phi) is 5.59. The van der Waals surface area contributed by atoms with Gasteiger partial charge in [0, 0.05) is 17.3 Å². The Balaban J connectivity index is 1.35. The molecule has 9 heteroatoms. The van der Waals surface area contributed by atoms with E-state index in [0.29, 0.717) is 15.0 Å². The maximum absolute atomic E-state index is 13.0. The third-order valence-corrected chi connectivity index (χ3v) is 6.49. The first-order chi connectivity index (χ1) is 14.0. The van der Waals surface area contributed by atoms with Crippen LogP contribution in [0.1, 0.15) is 22.8 Å². The number of anilines is 2. The number of halogens is 1. The number of nitrogens with zero attached hydrogens (tertiary/aromatic N) is 3. The van der Waals surface area contributed by atoms with Crippen molar-refractivity contribution in [2.75, 3.05) is 16.0 Å². The van der Waals surface area contributed by atoms with Gasteiger partial charge in [0.1, 0.15) is 5.82 Å². The van der Waals surface area contributed by atoms with Gasteiger partial charge in [-0.05, 0) is 49.2 Å². The summed E-state index contributed by atoms with van der Waals surface area (Å²) < 4.78 is 13.6. The van der Waals surface area contributed by atoms with Crippen LogP contribution in [0.3, 0.4) is 0 Å². The number of fused-ring (bicyclic) bond motifs is 1. The van der Waals surface area contributed by atoms with E-state index in [-0.39, 0.29) is 17.7 Å². The van der Waals surface area contributed by atoms with E-state index < -0.39 is 11.7 Å². The zero-order chi connectivity index (χ0) is 20.4. The molecule has 148 valence electrons. The predicted molar refractivity (Wildman–Crippen MR) is 112 cm³/mol. The number of hydrogen-bond acceptors (Lipinski definition) is 6. The van der Waals surface area contributed by atoms with Crippen LogP contribution in [-0.2, 0) is 11.2 Å². The number of benzene rings is 2. The molecule has 0 saturated heterocycles. The lowest BCUT2D eigenvalue weighted by Gasteiger charge is -2.22. The first-order valence-corrected chi connectivity index (χ1v) is 10.7. The Morgan fingerprint density at radius 1 is 1.21 bits per heavy atom. The smallest absolute Gasteiger partial charge is 0.257 e. The van der Waals surface area contributed by atoms with Crippen LogP contribution in [0, 0.1) is 5.82 Å². The lowest BCUT2D eigenvalue weighted by molar-refractivity contribution is -0.116. The number of para-hydroxylation sites is 1. The van der Waals surface area contributed by atoms with Crippen molar-refractivity contribution in [2.24, 2.45) is 0 Å². The lowest BCUT2D eigenvalue weighted by Crippen LogP contribution is -2.36. The molecule has 0 spiro atoms. The maximum Gasteiger partial charge on any atom is 0.257 e. The topological polar surface area (TPSA) is 75.2 Å². The van der Waals surface area contributed by atoms with Gasteiger partial charge in [-0.25, -0.2) is 4.39 Å².